The number of hydrogen-bond acceptors (Lipinski definition) is 3. The molecule has 0 bridgehead atoms. The van der Waals surface area contributed by atoms with Gasteiger partial charge in [0.05, 0.1) is 6.61 Å². The van der Waals surface area contributed by atoms with Crippen molar-refractivity contribution in [2.75, 3.05) is 20.2 Å². The first-order valence-electron chi connectivity index (χ1n) is 7.72. The van der Waals surface area contributed by atoms with Crippen LogP contribution >= 0.6 is 0 Å². The van der Waals surface area contributed by atoms with Gasteiger partial charge < -0.3 is 14.7 Å². The average molecular weight is 299 g/mol. The van der Waals surface area contributed by atoms with E-state index in [0.29, 0.717) is 12.4 Å². The zero-order chi connectivity index (χ0) is 15.9. The molecule has 0 amide bonds. The molecule has 0 atom stereocenters. The molecule has 2 aromatic carbocycles. The number of phenols is 1. The summed E-state index contributed by atoms with van der Waals surface area (Å²) in [6, 6.07) is 13.8. The first-order chi connectivity index (χ1) is 10.6. The summed E-state index contributed by atoms with van der Waals surface area (Å²) in [5.41, 5.74) is 3.32. The molecule has 3 heteroatoms. The number of benzene rings is 2. The molecule has 118 valence electrons. The monoisotopic (exact) mass is 299 g/mol. The highest BCUT2D eigenvalue weighted by Gasteiger charge is 2.07. The van der Waals surface area contributed by atoms with E-state index in [2.05, 4.69) is 24.9 Å². The highest BCUT2D eigenvalue weighted by molar-refractivity contribution is 5.40. The molecule has 1 N–H and O–H groups in total. The molecule has 0 saturated heterocycles. The number of hydrogen-bond donors (Lipinski definition) is 1. The van der Waals surface area contributed by atoms with Crippen molar-refractivity contribution in [3.63, 3.8) is 0 Å². The van der Waals surface area contributed by atoms with Gasteiger partial charge in [0.2, 0.25) is 0 Å². The quantitative estimate of drug-likeness (QED) is 0.787. The number of nitrogens with zero attached hydrogens (tertiary/aromatic N) is 1. The minimum absolute atomic E-state index is 0.385. The van der Waals surface area contributed by atoms with Crippen molar-refractivity contribution in [1.82, 2.24) is 4.90 Å². The van der Waals surface area contributed by atoms with Crippen LogP contribution in [0.15, 0.2) is 42.5 Å². The molecule has 0 fully saturated rings. The molecule has 2 aromatic rings. The number of rotatable bonds is 7. The molecule has 22 heavy (non-hydrogen) atoms. The van der Waals surface area contributed by atoms with Gasteiger partial charge in [0.15, 0.2) is 0 Å². The third kappa shape index (κ3) is 4.78. The smallest absolute Gasteiger partial charge is 0.120 e. The van der Waals surface area contributed by atoms with Crippen molar-refractivity contribution in [2.24, 2.45) is 0 Å². The number of para-hydroxylation sites is 1. The zero-order valence-corrected chi connectivity index (χ0v) is 13.7. The van der Waals surface area contributed by atoms with Crippen molar-refractivity contribution in [3.05, 3.63) is 59.2 Å². The zero-order valence-electron chi connectivity index (χ0n) is 13.7. The predicted octanol–water partition coefficient (Wildman–Crippen LogP) is 3.91. The highest BCUT2D eigenvalue weighted by atomic mass is 16.5. The van der Waals surface area contributed by atoms with Gasteiger partial charge in [0.1, 0.15) is 11.5 Å². The lowest BCUT2D eigenvalue weighted by atomic mass is 10.0. The minimum atomic E-state index is 0.385. The van der Waals surface area contributed by atoms with E-state index in [1.54, 1.807) is 0 Å². The van der Waals surface area contributed by atoms with Crippen LogP contribution in [0.1, 0.15) is 23.1 Å². The van der Waals surface area contributed by atoms with Crippen molar-refractivity contribution in [2.45, 2.75) is 26.8 Å². The molecule has 0 aliphatic rings. The van der Waals surface area contributed by atoms with Crippen LogP contribution in [-0.2, 0) is 6.54 Å². The Morgan fingerprint density at radius 3 is 2.45 bits per heavy atom. The Morgan fingerprint density at radius 2 is 1.73 bits per heavy atom. The summed E-state index contributed by atoms with van der Waals surface area (Å²) in [4.78, 5) is 2.21. The van der Waals surface area contributed by atoms with Gasteiger partial charge >= 0.3 is 0 Å². The molecule has 0 spiro atoms. The average Bonchev–Trinajstić information content (AvgIpc) is 2.50. The minimum Gasteiger partial charge on any atom is -0.508 e. The number of ether oxygens (including phenoxy) is 1. The lowest BCUT2D eigenvalue weighted by Gasteiger charge is -2.18. The van der Waals surface area contributed by atoms with Crippen molar-refractivity contribution >= 4 is 0 Å². The van der Waals surface area contributed by atoms with Gasteiger partial charge in [-0.25, -0.2) is 0 Å². The Labute approximate surface area is 133 Å². The first-order valence-corrected chi connectivity index (χ1v) is 7.72. The summed E-state index contributed by atoms with van der Waals surface area (Å²) in [5, 5.41) is 10.0. The molecule has 2 rings (SSSR count). The topological polar surface area (TPSA) is 32.7 Å². The van der Waals surface area contributed by atoms with E-state index in [0.717, 1.165) is 36.4 Å². The maximum absolute atomic E-state index is 10.0. The van der Waals surface area contributed by atoms with Crippen LogP contribution < -0.4 is 4.74 Å². The van der Waals surface area contributed by atoms with E-state index in [1.165, 1.54) is 5.56 Å². The van der Waals surface area contributed by atoms with Crippen LogP contribution in [0.4, 0.5) is 0 Å². The fourth-order valence-corrected chi connectivity index (χ4v) is 2.40. The predicted molar refractivity (Wildman–Crippen MR) is 90.5 cm³/mol. The maximum atomic E-state index is 10.0. The maximum Gasteiger partial charge on any atom is 0.120 e. The molecule has 0 heterocycles. The molecular formula is C19H25NO2. The summed E-state index contributed by atoms with van der Waals surface area (Å²) >= 11 is 0. The van der Waals surface area contributed by atoms with Gasteiger partial charge in [-0.2, -0.15) is 0 Å². The van der Waals surface area contributed by atoms with E-state index >= 15 is 0 Å². The second kappa shape index (κ2) is 7.85. The van der Waals surface area contributed by atoms with Crippen molar-refractivity contribution in [3.8, 4) is 11.5 Å². The third-order valence-electron chi connectivity index (χ3n) is 3.83. The van der Waals surface area contributed by atoms with Gasteiger partial charge in [-0.05, 0) is 56.6 Å². The summed E-state index contributed by atoms with van der Waals surface area (Å²) in [6.45, 7) is 6.47. The summed E-state index contributed by atoms with van der Waals surface area (Å²) in [7, 11) is 2.07. The Bertz CT molecular complexity index is 596. The van der Waals surface area contributed by atoms with Crippen LogP contribution in [-0.4, -0.2) is 30.2 Å². The van der Waals surface area contributed by atoms with Crippen LogP contribution in [0.5, 0.6) is 11.5 Å². The Morgan fingerprint density at radius 1 is 1.05 bits per heavy atom. The Hall–Kier alpha value is -2.00. The first kappa shape index (κ1) is 16.4. The van der Waals surface area contributed by atoms with Gasteiger partial charge in [0.25, 0.3) is 0 Å². The van der Waals surface area contributed by atoms with E-state index in [1.807, 2.05) is 43.3 Å². The molecule has 0 unspecified atom stereocenters. The fraction of sp³-hybridized carbons (Fsp3) is 0.368. The molecule has 0 aliphatic carbocycles. The third-order valence-corrected chi connectivity index (χ3v) is 3.83. The Kier molecular flexibility index (Phi) is 5.84. The van der Waals surface area contributed by atoms with Crippen molar-refractivity contribution in [1.29, 1.82) is 0 Å². The van der Waals surface area contributed by atoms with E-state index in [9.17, 15) is 5.11 Å². The molecule has 3 nitrogen and oxygen atoms in total. The van der Waals surface area contributed by atoms with Gasteiger partial charge in [-0.3, -0.25) is 0 Å². The highest BCUT2D eigenvalue weighted by Crippen LogP contribution is 2.23. The fourth-order valence-electron chi connectivity index (χ4n) is 2.40. The lowest BCUT2D eigenvalue weighted by molar-refractivity contribution is 0.257. The van der Waals surface area contributed by atoms with Crippen molar-refractivity contribution < 1.29 is 9.84 Å². The summed E-state index contributed by atoms with van der Waals surface area (Å²) in [5.74, 6) is 1.30. The van der Waals surface area contributed by atoms with Gasteiger partial charge in [0, 0.05) is 18.7 Å². The summed E-state index contributed by atoms with van der Waals surface area (Å²) in [6.07, 6.45) is 0.955. The largest absolute Gasteiger partial charge is 0.508 e. The molecule has 0 aliphatic heterocycles. The second-order valence-electron chi connectivity index (χ2n) is 5.82. The standard InChI is InChI=1S/C19H25NO2/c1-15-12-17(19(21)13-16(15)2)14-20(3)10-7-11-22-18-8-5-4-6-9-18/h4-6,8-9,12-13,21H,7,10-11,14H2,1-3H3. The molecule has 0 saturated carbocycles. The molecular weight excluding hydrogens is 274 g/mol. The van der Waals surface area contributed by atoms with Gasteiger partial charge in [-0.15, -0.1) is 0 Å². The molecule has 0 radical (unpaired) electrons. The Balaban J connectivity index is 1.76. The second-order valence-corrected chi connectivity index (χ2v) is 5.82. The van der Waals surface area contributed by atoms with Crippen LogP contribution in [0.25, 0.3) is 0 Å². The van der Waals surface area contributed by atoms with Gasteiger partial charge in [-0.1, -0.05) is 24.3 Å². The van der Waals surface area contributed by atoms with E-state index in [-0.39, 0.29) is 0 Å². The normalized spacial score (nSPS) is 10.9. The number of aryl methyl sites for hydroxylation is 2. The van der Waals surface area contributed by atoms with E-state index in [4.69, 9.17) is 4.74 Å². The molecule has 0 aromatic heterocycles. The van der Waals surface area contributed by atoms with Crippen LogP contribution in [0.3, 0.4) is 0 Å². The summed E-state index contributed by atoms with van der Waals surface area (Å²) < 4.78 is 5.69. The number of phenolic OH excluding ortho intramolecular Hbond substituents is 1. The lowest BCUT2D eigenvalue weighted by Crippen LogP contribution is -2.21. The SMILES string of the molecule is Cc1cc(O)c(CN(C)CCCOc2ccccc2)cc1C. The number of aromatic hydroxyl groups is 1. The van der Waals surface area contributed by atoms with Crippen LogP contribution in [0, 0.1) is 13.8 Å². The van der Waals surface area contributed by atoms with E-state index < -0.39 is 0 Å². The van der Waals surface area contributed by atoms with Crippen LogP contribution in [0.2, 0.25) is 0 Å².